The van der Waals surface area contributed by atoms with E-state index in [2.05, 4.69) is 10.2 Å². The van der Waals surface area contributed by atoms with E-state index in [1.165, 1.54) is 18.2 Å². The van der Waals surface area contributed by atoms with Gasteiger partial charge in [-0.15, -0.1) is 22.6 Å². The number of hydrogen-bond acceptors (Lipinski definition) is 4. The van der Waals surface area contributed by atoms with Crippen LogP contribution < -0.4 is 0 Å². The van der Waals surface area contributed by atoms with Gasteiger partial charge in [-0.05, 0) is 48.9 Å². The van der Waals surface area contributed by atoms with E-state index in [0.717, 1.165) is 23.4 Å². The minimum absolute atomic E-state index is 0. The van der Waals surface area contributed by atoms with E-state index in [0.29, 0.717) is 26.8 Å². The Hall–Kier alpha value is -2.97. The third kappa shape index (κ3) is 4.08. The Bertz CT molecular complexity index is 1230. The molecule has 0 saturated heterocycles. The standard InChI is InChI=1S/C20H13F2N3O2S.ClH/c1-11-2-3-12(20(26)27)8-15(11)19-24-23-18-7-5-14(10-25(18)19)28-17-6-4-13(21)9-16(17)22;/h2-10H,1H3,(H,26,27);1H. The van der Waals surface area contributed by atoms with Crippen molar-refractivity contribution in [3.05, 3.63) is 77.5 Å². The van der Waals surface area contributed by atoms with Gasteiger partial charge >= 0.3 is 5.97 Å². The number of pyridine rings is 1. The Kier molecular flexibility index (Phi) is 5.86. The molecule has 1 N–H and O–H groups in total. The van der Waals surface area contributed by atoms with Crippen molar-refractivity contribution in [1.29, 1.82) is 0 Å². The van der Waals surface area contributed by atoms with Crippen LogP contribution in [0.5, 0.6) is 0 Å². The van der Waals surface area contributed by atoms with E-state index in [1.54, 1.807) is 34.9 Å². The van der Waals surface area contributed by atoms with Gasteiger partial charge in [-0.25, -0.2) is 13.6 Å². The van der Waals surface area contributed by atoms with Crippen LogP contribution in [-0.4, -0.2) is 25.7 Å². The van der Waals surface area contributed by atoms with E-state index < -0.39 is 17.6 Å². The van der Waals surface area contributed by atoms with Crippen molar-refractivity contribution in [3.8, 4) is 11.4 Å². The molecular formula is C20H14ClF2N3O2S. The van der Waals surface area contributed by atoms with Crippen LogP contribution in [0.15, 0.2) is 64.5 Å². The summed E-state index contributed by atoms with van der Waals surface area (Å²) in [5.41, 5.74) is 2.21. The molecule has 0 spiro atoms. The monoisotopic (exact) mass is 433 g/mol. The highest BCUT2D eigenvalue weighted by Crippen LogP contribution is 2.31. The van der Waals surface area contributed by atoms with E-state index in [9.17, 15) is 18.7 Å². The molecule has 0 aliphatic carbocycles. The van der Waals surface area contributed by atoms with Crippen molar-refractivity contribution in [3.63, 3.8) is 0 Å². The fourth-order valence-corrected chi connectivity index (χ4v) is 3.64. The summed E-state index contributed by atoms with van der Waals surface area (Å²) in [6.45, 7) is 1.86. The van der Waals surface area contributed by atoms with E-state index in [-0.39, 0.29) is 18.0 Å². The molecule has 9 heteroatoms. The fraction of sp³-hybridized carbons (Fsp3) is 0.0500. The lowest BCUT2D eigenvalue weighted by Crippen LogP contribution is -1.99. The first-order valence-corrected chi connectivity index (χ1v) is 9.06. The molecule has 2 aromatic carbocycles. The third-order valence-corrected chi connectivity index (χ3v) is 5.25. The van der Waals surface area contributed by atoms with Crippen molar-refractivity contribution in [2.24, 2.45) is 0 Å². The summed E-state index contributed by atoms with van der Waals surface area (Å²) in [6.07, 6.45) is 1.74. The summed E-state index contributed by atoms with van der Waals surface area (Å²) < 4.78 is 28.8. The molecule has 2 aromatic heterocycles. The molecule has 0 atom stereocenters. The summed E-state index contributed by atoms with van der Waals surface area (Å²) in [5.74, 6) is -1.82. The Labute approximate surface area is 174 Å². The maximum atomic E-state index is 14.0. The van der Waals surface area contributed by atoms with Crippen LogP contribution in [0.25, 0.3) is 17.0 Å². The van der Waals surface area contributed by atoms with Gasteiger partial charge in [0, 0.05) is 27.6 Å². The number of aromatic carboxylic acids is 1. The highest BCUT2D eigenvalue weighted by atomic mass is 35.5. The molecule has 5 nitrogen and oxygen atoms in total. The Morgan fingerprint density at radius 1 is 1.07 bits per heavy atom. The number of carboxylic acid groups (broad SMARTS) is 1. The first-order valence-electron chi connectivity index (χ1n) is 8.24. The zero-order valence-corrected chi connectivity index (χ0v) is 16.6. The molecule has 0 fully saturated rings. The van der Waals surface area contributed by atoms with Gasteiger partial charge in [-0.1, -0.05) is 17.8 Å². The van der Waals surface area contributed by atoms with Gasteiger partial charge in [0.2, 0.25) is 0 Å². The molecule has 2 heterocycles. The van der Waals surface area contributed by atoms with Crippen molar-refractivity contribution in [2.75, 3.05) is 0 Å². The van der Waals surface area contributed by atoms with E-state index in [4.69, 9.17) is 0 Å². The molecule has 148 valence electrons. The first-order chi connectivity index (χ1) is 13.4. The zero-order valence-electron chi connectivity index (χ0n) is 15.0. The lowest BCUT2D eigenvalue weighted by Gasteiger charge is -2.08. The van der Waals surface area contributed by atoms with Crippen LogP contribution in [0.4, 0.5) is 8.78 Å². The number of aryl methyl sites for hydroxylation is 1. The topological polar surface area (TPSA) is 67.5 Å². The third-order valence-electron chi connectivity index (χ3n) is 4.22. The van der Waals surface area contributed by atoms with Gasteiger partial charge < -0.3 is 5.11 Å². The second-order valence-corrected chi connectivity index (χ2v) is 7.24. The Morgan fingerprint density at radius 3 is 2.59 bits per heavy atom. The number of nitrogens with zero attached hydrogens (tertiary/aromatic N) is 3. The highest BCUT2D eigenvalue weighted by Gasteiger charge is 2.15. The minimum atomic E-state index is -1.03. The summed E-state index contributed by atoms with van der Waals surface area (Å²) >= 11 is 1.15. The number of aromatic nitrogens is 3. The molecule has 0 unspecified atom stereocenters. The van der Waals surface area contributed by atoms with Crippen LogP contribution in [0.2, 0.25) is 0 Å². The predicted octanol–water partition coefficient (Wildman–Crippen LogP) is 5.25. The number of rotatable bonds is 4. The van der Waals surface area contributed by atoms with Gasteiger partial charge in [0.25, 0.3) is 0 Å². The highest BCUT2D eigenvalue weighted by molar-refractivity contribution is 7.99. The lowest BCUT2D eigenvalue weighted by atomic mass is 10.0. The van der Waals surface area contributed by atoms with Crippen molar-refractivity contribution < 1.29 is 18.7 Å². The molecular weight excluding hydrogens is 420 g/mol. The van der Waals surface area contributed by atoms with E-state index >= 15 is 0 Å². The maximum Gasteiger partial charge on any atom is 0.335 e. The molecule has 4 aromatic rings. The molecule has 4 rings (SSSR count). The SMILES string of the molecule is Cc1ccc(C(=O)O)cc1-c1nnc2ccc(Sc3ccc(F)cc3F)cn12.Cl. The number of hydrogen-bond donors (Lipinski definition) is 1. The van der Waals surface area contributed by atoms with Crippen LogP contribution >= 0.6 is 24.2 Å². The first kappa shape index (κ1) is 20.8. The molecule has 0 radical (unpaired) electrons. The van der Waals surface area contributed by atoms with Crippen molar-refractivity contribution in [1.82, 2.24) is 14.6 Å². The predicted molar refractivity (Wildman–Crippen MR) is 108 cm³/mol. The Balaban J connectivity index is 0.00000240. The summed E-state index contributed by atoms with van der Waals surface area (Å²) in [6, 6.07) is 11.7. The van der Waals surface area contributed by atoms with Crippen molar-refractivity contribution >= 4 is 35.8 Å². The second kappa shape index (κ2) is 8.18. The van der Waals surface area contributed by atoms with Gasteiger partial charge in [0.1, 0.15) is 11.6 Å². The molecule has 0 aliphatic rings. The zero-order chi connectivity index (χ0) is 19.8. The smallest absolute Gasteiger partial charge is 0.335 e. The number of fused-ring (bicyclic) bond motifs is 1. The molecule has 29 heavy (non-hydrogen) atoms. The Morgan fingerprint density at radius 2 is 1.86 bits per heavy atom. The van der Waals surface area contributed by atoms with Crippen LogP contribution in [0.1, 0.15) is 15.9 Å². The largest absolute Gasteiger partial charge is 0.478 e. The summed E-state index contributed by atoms with van der Waals surface area (Å²) in [4.78, 5) is 12.3. The molecule has 0 amide bonds. The summed E-state index contributed by atoms with van der Waals surface area (Å²) in [5, 5.41) is 17.6. The van der Waals surface area contributed by atoms with Crippen LogP contribution in [0.3, 0.4) is 0 Å². The normalized spacial score (nSPS) is 10.7. The number of carboxylic acids is 1. The average molecular weight is 434 g/mol. The van der Waals surface area contributed by atoms with Crippen LogP contribution in [-0.2, 0) is 0 Å². The maximum absolute atomic E-state index is 14.0. The van der Waals surface area contributed by atoms with Gasteiger partial charge in [-0.3, -0.25) is 4.40 Å². The lowest BCUT2D eigenvalue weighted by molar-refractivity contribution is 0.0697. The molecule has 0 bridgehead atoms. The van der Waals surface area contributed by atoms with Gasteiger partial charge in [0.05, 0.1) is 5.56 Å². The van der Waals surface area contributed by atoms with Crippen molar-refractivity contribution in [2.45, 2.75) is 16.7 Å². The molecule has 0 saturated carbocycles. The average Bonchev–Trinajstić information content (AvgIpc) is 3.07. The van der Waals surface area contributed by atoms with Crippen LogP contribution in [0, 0.1) is 18.6 Å². The molecule has 0 aliphatic heterocycles. The summed E-state index contributed by atoms with van der Waals surface area (Å²) in [7, 11) is 0. The quantitative estimate of drug-likeness (QED) is 0.476. The minimum Gasteiger partial charge on any atom is -0.478 e. The number of benzene rings is 2. The van der Waals surface area contributed by atoms with E-state index in [1.807, 2.05) is 6.92 Å². The van der Waals surface area contributed by atoms with Gasteiger partial charge in [-0.2, -0.15) is 0 Å². The number of halogens is 3. The second-order valence-electron chi connectivity index (χ2n) is 6.13. The van der Waals surface area contributed by atoms with Gasteiger partial charge in [0.15, 0.2) is 11.5 Å². The fourth-order valence-electron chi connectivity index (χ4n) is 2.80. The number of carbonyl (C=O) groups is 1.